The van der Waals surface area contributed by atoms with Crippen molar-refractivity contribution >= 4 is 23.3 Å². The normalized spacial score (nSPS) is 10.4. The molecule has 1 heterocycles. The Labute approximate surface area is 131 Å². The maximum atomic E-state index is 11.0. The molecule has 0 aliphatic heterocycles. The number of aryl methyl sites for hydroxylation is 1. The second-order valence-corrected chi connectivity index (χ2v) is 5.68. The number of benzene rings is 1. The van der Waals surface area contributed by atoms with Gasteiger partial charge in [0.1, 0.15) is 17.2 Å². The average Bonchev–Trinajstić information content (AvgIpc) is 2.95. The molecule has 0 bridgehead atoms. The minimum Gasteiger partial charge on any atom is -0.489 e. The number of aliphatic carboxylic acids is 1. The van der Waals surface area contributed by atoms with Crippen LogP contribution >= 0.6 is 11.3 Å². The number of hydrogen-bond acceptors (Lipinski definition) is 4. The highest BCUT2D eigenvalue weighted by atomic mass is 32.1. The molecule has 2 aromatic rings. The van der Waals surface area contributed by atoms with E-state index in [-0.39, 0.29) is 13.0 Å². The molecule has 22 heavy (non-hydrogen) atoms. The zero-order valence-electron chi connectivity index (χ0n) is 11.8. The molecule has 0 aliphatic rings. The molecule has 1 aromatic heterocycles. The van der Waals surface area contributed by atoms with Crippen molar-refractivity contribution in [2.24, 2.45) is 0 Å². The van der Waals surface area contributed by atoms with E-state index in [1.165, 1.54) is 11.3 Å². The lowest BCUT2D eigenvalue weighted by Gasteiger charge is -2.07. The van der Waals surface area contributed by atoms with E-state index in [2.05, 4.69) is 0 Å². The lowest BCUT2D eigenvalue weighted by molar-refractivity contribution is -0.137. The first kappa shape index (κ1) is 16.0. The van der Waals surface area contributed by atoms with Crippen LogP contribution in [0.5, 0.6) is 5.75 Å². The monoisotopic (exact) mass is 320 g/mol. The quantitative estimate of drug-likeness (QED) is 0.778. The van der Waals surface area contributed by atoms with Crippen LogP contribution in [0, 0.1) is 0 Å². The molecule has 0 saturated carbocycles. The van der Waals surface area contributed by atoms with E-state index >= 15 is 0 Å². The van der Waals surface area contributed by atoms with E-state index < -0.39 is 11.9 Å². The number of thiophene rings is 1. The third-order valence-corrected chi connectivity index (χ3v) is 4.06. The molecule has 0 amide bonds. The van der Waals surface area contributed by atoms with Gasteiger partial charge in [0.15, 0.2) is 0 Å². The highest BCUT2D eigenvalue weighted by molar-refractivity contribution is 7.12. The number of hydrogen-bond donors (Lipinski definition) is 2. The summed E-state index contributed by atoms with van der Waals surface area (Å²) in [6, 6.07) is 9.14. The summed E-state index contributed by atoms with van der Waals surface area (Å²) in [6.45, 7) is 0.212. The SMILES string of the molecule is O=C(O)CCCc1ccc(OCc2ccsc2C(=O)O)cc1. The predicted octanol–water partition coefficient (Wildman–Crippen LogP) is 3.43. The van der Waals surface area contributed by atoms with E-state index in [0.29, 0.717) is 29.0 Å². The molecule has 5 nitrogen and oxygen atoms in total. The van der Waals surface area contributed by atoms with Crippen LogP contribution in [-0.2, 0) is 17.8 Å². The Morgan fingerprint density at radius 2 is 1.82 bits per heavy atom. The standard InChI is InChI=1S/C16H16O5S/c17-14(18)3-1-2-11-4-6-13(7-5-11)21-10-12-8-9-22-15(12)16(19)20/h4-9H,1-3,10H2,(H,17,18)(H,19,20). The van der Waals surface area contributed by atoms with Gasteiger partial charge in [-0.2, -0.15) is 0 Å². The predicted molar refractivity (Wildman–Crippen MR) is 82.6 cm³/mol. The second kappa shape index (κ2) is 7.61. The zero-order valence-corrected chi connectivity index (χ0v) is 12.6. The number of carbonyl (C=O) groups is 2. The van der Waals surface area contributed by atoms with Crippen molar-refractivity contribution in [3.05, 3.63) is 51.7 Å². The van der Waals surface area contributed by atoms with Crippen LogP contribution < -0.4 is 4.74 Å². The Morgan fingerprint density at radius 1 is 1.09 bits per heavy atom. The van der Waals surface area contributed by atoms with Gasteiger partial charge in [-0.05, 0) is 42.0 Å². The van der Waals surface area contributed by atoms with E-state index in [9.17, 15) is 9.59 Å². The number of carboxylic acid groups (broad SMARTS) is 2. The molecule has 0 saturated heterocycles. The van der Waals surface area contributed by atoms with Crippen LogP contribution in [0.25, 0.3) is 0 Å². The summed E-state index contributed by atoms with van der Waals surface area (Å²) >= 11 is 1.18. The first-order valence-corrected chi connectivity index (χ1v) is 7.67. The molecular formula is C16H16O5S. The largest absolute Gasteiger partial charge is 0.489 e. The van der Waals surface area contributed by atoms with Crippen molar-refractivity contribution in [2.75, 3.05) is 0 Å². The maximum absolute atomic E-state index is 11.0. The van der Waals surface area contributed by atoms with Crippen LogP contribution in [0.3, 0.4) is 0 Å². The topological polar surface area (TPSA) is 83.8 Å². The summed E-state index contributed by atoms with van der Waals surface area (Å²) in [7, 11) is 0. The number of rotatable bonds is 8. The third-order valence-electron chi connectivity index (χ3n) is 3.11. The van der Waals surface area contributed by atoms with Gasteiger partial charge in [-0.1, -0.05) is 12.1 Å². The van der Waals surface area contributed by atoms with E-state index in [1.807, 2.05) is 24.3 Å². The Hall–Kier alpha value is -2.34. The van der Waals surface area contributed by atoms with Crippen molar-refractivity contribution in [1.29, 1.82) is 0 Å². The summed E-state index contributed by atoms with van der Waals surface area (Å²) in [5.74, 6) is -1.07. The van der Waals surface area contributed by atoms with Crippen LogP contribution in [0.1, 0.15) is 33.6 Å². The molecule has 0 spiro atoms. The molecule has 2 N–H and O–H groups in total. The Bertz CT molecular complexity index is 645. The summed E-state index contributed by atoms with van der Waals surface area (Å²) < 4.78 is 5.59. The third kappa shape index (κ3) is 4.60. The molecule has 0 radical (unpaired) electrons. The minimum absolute atomic E-state index is 0.161. The molecule has 0 aliphatic carbocycles. The summed E-state index contributed by atoms with van der Waals surface area (Å²) in [5, 5.41) is 19.3. The van der Waals surface area contributed by atoms with E-state index in [0.717, 1.165) is 5.56 Å². The number of aromatic carboxylic acids is 1. The smallest absolute Gasteiger partial charge is 0.346 e. The maximum Gasteiger partial charge on any atom is 0.346 e. The van der Waals surface area contributed by atoms with Gasteiger partial charge in [0.05, 0.1) is 0 Å². The van der Waals surface area contributed by atoms with Crippen LogP contribution in [-0.4, -0.2) is 22.2 Å². The van der Waals surface area contributed by atoms with Gasteiger partial charge in [-0.15, -0.1) is 11.3 Å². The van der Waals surface area contributed by atoms with Crippen molar-refractivity contribution in [3.8, 4) is 5.75 Å². The fourth-order valence-corrected chi connectivity index (χ4v) is 2.74. The summed E-state index contributed by atoms with van der Waals surface area (Å²) in [4.78, 5) is 21.8. The Morgan fingerprint density at radius 3 is 2.45 bits per heavy atom. The first-order valence-electron chi connectivity index (χ1n) is 6.79. The van der Waals surface area contributed by atoms with Gasteiger partial charge in [-0.3, -0.25) is 4.79 Å². The van der Waals surface area contributed by atoms with Gasteiger partial charge in [-0.25, -0.2) is 4.79 Å². The number of carboxylic acids is 2. The molecule has 2 rings (SSSR count). The van der Waals surface area contributed by atoms with Crippen molar-refractivity contribution < 1.29 is 24.5 Å². The highest BCUT2D eigenvalue weighted by Gasteiger charge is 2.11. The summed E-state index contributed by atoms with van der Waals surface area (Å²) in [5.41, 5.74) is 1.71. The number of ether oxygens (including phenoxy) is 1. The fraction of sp³-hybridized carbons (Fsp3) is 0.250. The molecule has 0 atom stereocenters. The van der Waals surface area contributed by atoms with Gasteiger partial charge < -0.3 is 14.9 Å². The molecular weight excluding hydrogens is 304 g/mol. The van der Waals surface area contributed by atoms with Crippen LogP contribution in [0.15, 0.2) is 35.7 Å². The van der Waals surface area contributed by atoms with Gasteiger partial charge in [0.2, 0.25) is 0 Å². The Balaban J connectivity index is 1.87. The molecule has 6 heteroatoms. The average molecular weight is 320 g/mol. The summed E-state index contributed by atoms with van der Waals surface area (Å²) in [6.07, 6.45) is 1.47. The van der Waals surface area contributed by atoms with Gasteiger partial charge >= 0.3 is 11.9 Å². The van der Waals surface area contributed by atoms with Crippen molar-refractivity contribution in [1.82, 2.24) is 0 Å². The molecule has 1 aromatic carbocycles. The van der Waals surface area contributed by atoms with Crippen molar-refractivity contribution in [3.63, 3.8) is 0 Å². The van der Waals surface area contributed by atoms with Crippen LogP contribution in [0.2, 0.25) is 0 Å². The first-order chi connectivity index (χ1) is 10.6. The van der Waals surface area contributed by atoms with Gasteiger partial charge in [0.25, 0.3) is 0 Å². The lowest BCUT2D eigenvalue weighted by atomic mass is 10.1. The Kier molecular flexibility index (Phi) is 5.55. The minimum atomic E-state index is -0.942. The molecule has 116 valence electrons. The second-order valence-electron chi connectivity index (χ2n) is 4.76. The van der Waals surface area contributed by atoms with E-state index in [4.69, 9.17) is 14.9 Å². The zero-order chi connectivity index (χ0) is 15.9. The fourth-order valence-electron chi connectivity index (χ4n) is 1.99. The highest BCUT2D eigenvalue weighted by Crippen LogP contribution is 2.20. The van der Waals surface area contributed by atoms with Crippen molar-refractivity contribution in [2.45, 2.75) is 25.9 Å². The van der Waals surface area contributed by atoms with Crippen LogP contribution in [0.4, 0.5) is 0 Å². The van der Waals surface area contributed by atoms with E-state index in [1.54, 1.807) is 11.4 Å². The molecule has 0 unspecified atom stereocenters. The molecule has 0 fully saturated rings. The lowest BCUT2D eigenvalue weighted by Crippen LogP contribution is -2.01. The van der Waals surface area contributed by atoms with Gasteiger partial charge in [0, 0.05) is 12.0 Å².